The summed E-state index contributed by atoms with van der Waals surface area (Å²) in [5, 5.41) is 2.71. The predicted molar refractivity (Wildman–Crippen MR) is 40.9 cm³/mol. The van der Waals surface area contributed by atoms with E-state index in [0.717, 1.165) is 6.11 Å². The monoisotopic (exact) mass is 152 g/mol. The number of nitrogens with zero attached hydrogens (tertiary/aromatic N) is 1. The summed E-state index contributed by atoms with van der Waals surface area (Å²) in [4.78, 5) is 14.7. The molecule has 0 radical (unpaired) electrons. The standard InChI is InChI=1S/C6H9BN2O2/c1-4-2-5(6(10)9-4)8-3-7-11/h3-5H,2H2,1H3,(H,9,10). The van der Waals surface area contributed by atoms with Crippen molar-refractivity contribution in [3.63, 3.8) is 0 Å². The van der Waals surface area contributed by atoms with Crippen molar-refractivity contribution in [1.82, 2.24) is 5.32 Å². The molecule has 0 aromatic rings. The maximum atomic E-state index is 10.9. The number of hydrogen-bond acceptors (Lipinski definition) is 3. The first kappa shape index (κ1) is 8.10. The van der Waals surface area contributed by atoms with Gasteiger partial charge < -0.3 is 0 Å². The molecule has 2 atom stereocenters. The zero-order valence-electron chi connectivity index (χ0n) is 6.28. The number of nitrogens with one attached hydrogen (secondary N) is 1. The van der Waals surface area contributed by atoms with E-state index in [2.05, 4.69) is 10.3 Å². The third-order valence-electron chi connectivity index (χ3n) is 1.59. The molecule has 1 N–H and O–H groups in total. The fourth-order valence-electron chi connectivity index (χ4n) is 1.11. The van der Waals surface area contributed by atoms with E-state index >= 15 is 0 Å². The van der Waals surface area contributed by atoms with Crippen molar-refractivity contribution in [2.45, 2.75) is 25.4 Å². The Balaban J connectivity index is 2.53. The molecule has 4 nitrogen and oxygen atoms in total. The van der Waals surface area contributed by atoms with Crippen molar-refractivity contribution < 1.29 is 9.50 Å². The van der Waals surface area contributed by atoms with Crippen LogP contribution in [0.4, 0.5) is 0 Å². The molecular formula is C6H9BN2O2. The second kappa shape index (κ2) is 3.41. The Labute approximate surface area is 65.3 Å². The normalized spacial score (nSPS) is 30.5. The number of rotatable bonds is 2. The Morgan fingerprint density at radius 1 is 1.82 bits per heavy atom. The van der Waals surface area contributed by atoms with Gasteiger partial charge in [0.1, 0.15) is 0 Å². The van der Waals surface area contributed by atoms with Crippen molar-refractivity contribution in [3.8, 4) is 0 Å². The Hall–Kier alpha value is -0.995. The Morgan fingerprint density at radius 2 is 2.55 bits per heavy atom. The molecule has 1 amide bonds. The van der Waals surface area contributed by atoms with Crippen LogP contribution in [-0.2, 0) is 9.50 Å². The summed E-state index contributed by atoms with van der Waals surface area (Å²) in [6, 6.07) is -0.175. The molecule has 0 spiro atoms. The fraction of sp³-hybridized carbons (Fsp3) is 0.667. The molecule has 58 valence electrons. The van der Waals surface area contributed by atoms with Crippen LogP contribution in [0.1, 0.15) is 13.3 Å². The van der Waals surface area contributed by atoms with Gasteiger partial charge in [-0.05, 0) is 0 Å². The van der Waals surface area contributed by atoms with Crippen LogP contribution < -0.4 is 5.32 Å². The van der Waals surface area contributed by atoms with Gasteiger partial charge in [0.15, 0.2) is 0 Å². The zero-order valence-corrected chi connectivity index (χ0v) is 6.28. The van der Waals surface area contributed by atoms with Crippen LogP contribution >= 0.6 is 0 Å². The van der Waals surface area contributed by atoms with Crippen molar-refractivity contribution in [2.24, 2.45) is 4.99 Å². The van der Waals surface area contributed by atoms with Crippen LogP contribution in [0.5, 0.6) is 0 Å². The Morgan fingerprint density at radius 3 is 3.00 bits per heavy atom. The summed E-state index contributed by atoms with van der Waals surface area (Å²) < 4.78 is 9.87. The quantitative estimate of drug-likeness (QED) is 0.421. The molecule has 2 unspecified atom stereocenters. The molecule has 1 heterocycles. The van der Waals surface area contributed by atoms with Crippen LogP contribution in [0.3, 0.4) is 0 Å². The number of aliphatic imine (C=N–C) groups is 1. The van der Waals surface area contributed by atoms with E-state index in [1.807, 2.05) is 6.92 Å². The van der Waals surface area contributed by atoms with Crippen LogP contribution in [0.15, 0.2) is 4.99 Å². The minimum absolute atomic E-state index is 0.0874. The summed E-state index contributed by atoms with van der Waals surface area (Å²) in [6.07, 6.45) is 1.81. The third-order valence-corrected chi connectivity index (χ3v) is 1.59. The van der Waals surface area contributed by atoms with Gasteiger partial charge in [-0.15, -0.1) is 0 Å². The second-order valence-corrected chi connectivity index (χ2v) is 2.60. The summed E-state index contributed by atoms with van der Waals surface area (Å²) >= 11 is 0. The first-order valence-electron chi connectivity index (χ1n) is 3.51. The van der Waals surface area contributed by atoms with Crippen molar-refractivity contribution >= 4 is 19.2 Å². The van der Waals surface area contributed by atoms with Gasteiger partial charge in [0, 0.05) is 0 Å². The minimum atomic E-state index is -0.352. The molecule has 0 aliphatic carbocycles. The molecule has 1 aliphatic rings. The van der Waals surface area contributed by atoms with E-state index in [0.29, 0.717) is 13.6 Å². The van der Waals surface area contributed by atoms with Crippen molar-refractivity contribution in [1.29, 1.82) is 0 Å². The molecule has 1 saturated heterocycles. The average Bonchev–Trinajstić information content (AvgIpc) is 2.26. The Kier molecular flexibility index (Phi) is 2.51. The van der Waals surface area contributed by atoms with Crippen molar-refractivity contribution in [2.75, 3.05) is 0 Å². The molecule has 0 bridgehead atoms. The van der Waals surface area contributed by atoms with E-state index in [-0.39, 0.29) is 18.0 Å². The van der Waals surface area contributed by atoms with Gasteiger partial charge in [-0.2, -0.15) is 0 Å². The van der Waals surface area contributed by atoms with E-state index in [1.165, 1.54) is 0 Å². The molecule has 1 fully saturated rings. The van der Waals surface area contributed by atoms with Crippen LogP contribution in [0.2, 0.25) is 0 Å². The Bertz CT molecular complexity index is 205. The van der Waals surface area contributed by atoms with Crippen LogP contribution in [0, 0.1) is 0 Å². The summed E-state index contributed by atoms with van der Waals surface area (Å²) in [5.74, 6) is -0.0874. The summed E-state index contributed by atoms with van der Waals surface area (Å²) in [6.45, 7) is 1.91. The molecular weight excluding hydrogens is 143 g/mol. The van der Waals surface area contributed by atoms with E-state index in [4.69, 9.17) is 0 Å². The van der Waals surface area contributed by atoms with Gasteiger partial charge in [-0.25, -0.2) is 0 Å². The molecule has 11 heavy (non-hydrogen) atoms. The third kappa shape index (κ3) is 1.96. The average molecular weight is 152 g/mol. The van der Waals surface area contributed by atoms with Gasteiger partial charge in [0.2, 0.25) is 0 Å². The first-order chi connectivity index (χ1) is 5.24. The number of amides is 1. The first-order valence-corrected chi connectivity index (χ1v) is 3.51. The zero-order chi connectivity index (χ0) is 8.27. The van der Waals surface area contributed by atoms with E-state index in [1.54, 1.807) is 0 Å². The number of carbonyl (C=O) groups is 1. The van der Waals surface area contributed by atoms with Gasteiger partial charge in [0.25, 0.3) is 0 Å². The number of carbonyl (C=O) groups excluding carboxylic acids is 1. The van der Waals surface area contributed by atoms with E-state index in [9.17, 15) is 9.50 Å². The topological polar surface area (TPSA) is 58.5 Å². The van der Waals surface area contributed by atoms with Crippen LogP contribution in [-0.4, -0.2) is 31.3 Å². The fourth-order valence-corrected chi connectivity index (χ4v) is 1.11. The summed E-state index contributed by atoms with van der Waals surface area (Å²) in [7, 11) is 0.580. The van der Waals surface area contributed by atoms with Gasteiger partial charge in [-0.3, -0.25) is 0 Å². The number of hydrogen-bond donors (Lipinski definition) is 1. The van der Waals surface area contributed by atoms with Crippen LogP contribution in [0.25, 0.3) is 0 Å². The predicted octanol–water partition coefficient (Wildman–Crippen LogP) is -0.659. The second-order valence-electron chi connectivity index (χ2n) is 2.60. The molecule has 0 saturated carbocycles. The molecule has 0 aromatic heterocycles. The van der Waals surface area contributed by atoms with Gasteiger partial charge in [-0.1, -0.05) is 0 Å². The van der Waals surface area contributed by atoms with E-state index < -0.39 is 0 Å². The maximum absolute atomic E-state index is 10.9. The molecule has 0 aromatic carbocycles. The van der Waals surface area contributed by atoms with Gasteiger partial charge in [0.05, 0.1) is 0 Å². The summed E-state index contributed by atoms with van der Waals surface area (Å²) in [5.41, 5.74) is 0. The SMILES string of the molecule is CC1CC(N=CB=O)C(=O)N1. The van der Waals surface area contributed by atoms with Gasteiger partial charge >= 0.3 is 64.4 Å². The molecule has 5 heteroatoms. The van der Waals surface area contributed by atoms with Crippen molar-refractivity contribution in [3.05, 3.63) is 0 Å². The molecule has 1 aliphatic heterocycles. The molecule has 1 rings (SSSR count).